The van der Waals surface area contributed by atoms with Crippen LogP contribution in [0.15, 0.2) is 24.3 Å². The van der Waals surface area contributed by atoms with E-state index in [1.165, 1.54) is 0 Å². The molecule has 2 rings (SSSR count). The Morgan fingerprint density at radius 3 is 2.80 bits per heavy atom. The molecule has 1 aromatic carbocycles. The van der Waals surface area contributed by atoms with Gasteiger partial charge in [0.25, 0.3) is 0 Å². The summed E-state index contributed by atoms with van der Waals surface area (Å²) >= 11 is 6.21. The summed E-state index contributed by atoms with van der Waals surface area (Å²) in [6, 6.07) is 8.00. The van der Waals surface area contributed by atoms with Crippen LogP contribution in [0.5, 0.6) is 0 Å². The Morgan fingerprint density at radius 2 is 2.15 bits per heavy atom. The van der Waals surface area contributed by atoms with Crippen LogP contribution in [0.4, 0.5) is 0 Å². The Kier molecular flexibility index (Phi) is 4.57. The number of aryl methyl sites for hydroxylation is 1. The minimum atomic E-state index is -0.840. The van der Waals surface area contributed by atoms with Crippen LogP contribution < -0.4 is 0 Å². The predicted octanol–water partition coefficient (Wildman–Crippen LogP) is 3.10. The lowest BCUT2D eigenvalue weighted by Gasteiger charge is -2.18. The van der Waals surface area contributed by atoms with Gasteiger partial charge in [-0.3, -0.25) is 9.69 Å². The number of nitrogens with zero attached hydrogens (tertiary/aromatic N) is 2. The Bertz CT molecular complexity index is 643. The second kappa shape index (κ2) is 6.20. The number of rotatable bonds is 5. The van der Waals surface area contributed by atoms with Gasteiger partial charge in [-0.25, -0.2) is 4.98 Å². The van der Waals surface area contributed by atoms with E-state index in [4.69, 9.17) is 16.7 Å². The SMILES string of the molecule is CCN(CC(=O)O)Cc1cc2ccc(C)cc2nc1Cl. The number of carboxylic acid groups (broad SMARTS) is 1. The third-order valence-electron chi connectivity index (χ3n) is 3.20. The van der Waals surface area contributed by atoms with Crippen LogP contribution in [-0.2, 0) is 11.3 Å². The molecule has 2 aromatic rings. The molecule has 4 nitrogen and oxygen atoms in total. The third kappa shape index (κ3) is 3.46. The van der Waals surface area contributed by atoms with Crippen molar-refractivity contribution in [2.75, 3.05) is 13.1 Å². The molecule has 0 saturated carbocycles. The highest BCUT2D eigenvalue weighted by molar-refractivity contribution is 6.30. The molecule has 0 aliphatic rings. The van der Waals surface area contributed by atoms with Gasteiger partial charge in [-0.05, 0) is 31.2 Å². The Hall–Kier alpha value is -1.65. The lowest BCUT2D eigenvalue weighted by molar-refractivity contribution is -0.138. The molecule has 0 radical (unpaired) electrons. The second-order valence-electron chi connectivity index (χ2n) is 4.83. The van der Waals surface area contributed by atoms with E-state index < -0.39 is 5.97 Å². The zero-order valence-corrected chi connectivity index (χ0v) is 12.3. The quantitative estimate of drug-likeness (QED) is 0.860. The van der Waals surface area contributed by atoms with Crippen molar-refractivity contribution in [3.05, 3.63) is 40.5 Å². The van der Waals surface area contributed by atoms with Crippen molar-refractivity contribution >= 4 is 28.5 Å². The van der Waals surface area contributed by atoms with Crippen molar-refractivity contribution in [2.24, 2.45) is 0 Å². The van der Waals surface area contributed by atoms with Gasteiger partial charge >= 0.3 is 5.97 Å². The predicted molar refractivity (Wildman–Crippen MR) is 80.1 cm³/mol. The van der Waals surface area contributed by atoms with E-state index in [1.54, 1.807) is 0 Å². The highest BCUT2D eigenvalue weighted by Gasteiger charge is 2.12. The smallest absolute Gasteiger partial charge is 0.317 e. The van der Waals surface area contributed by atoms with E-state index in [9.17, 15) is 4.79 Å². The summed E-state index contributed by atoms with van der Waals surface area (Å²) in [6.07, 6.45) is 0. The molecule has 0 fully saturated rings. The molecule has 0 aliphatic carbocycles. The van der Waals surface area contributed by atoms with E-state index in [2.05, 4.69) is 4.98 Å². The fourth-order valence-corrected chi connectivity index (χ4v) is 2.33. The number of aromatic nitrogens is 1. The average Bonchev–Trinajstić information content (AvgIpc) is 2.38. The number of hydrogen-bond donors (Lipinski definition) is 1. The van der Waals surface area contributed by atoms with E-state index in [0.29, 0.717) is 18.2 Å². The summed E-state index contributed by atoms with van der Waals surface area (Å²) in [5, 5.41) is 10.3. The van der Waals surface area contributed by atoms with E-state index in [1.807, 2.05) is 43.0 Å². The van der Waals surface area contributed by atoms with Crippen molar-refractivity contribution in [1.82, 2.24) is 9.88 Å². The maximum atomic E-state index is 10.8. The molecule has 0 amide bonds. The fraction of sp³-hybridized carbons (Fsp3) is 0.333. The van der Waals surface area contributed by atoms with E-state index in [0.717, 1.165) is 22.0 Å². The molecular weight excluding hydrogens is 276 g/mol. The van der Waals surface area contributed by atoms with Crippen LogP contribution in [-0.4, -0.2) is 34.0 Å². The van der Waals surface area contributed by atoms with Crippen molar-refractivity contribution in [3.8, 4) is 0 Å². The third-order valence-corrected chi connectivity index (χ3v) is 3.53. The molecule has 0 aliphatic heterocycles. The second-order valence-corrected chi connectivity index (χ2v) is 5.19. The lowest BCUT2D eigenvalue weighted by Crippen LogP contribution is -2.29. The van der Waals surface area contributed by atoms with Crippen molar-refractivity contribution in [3.63, 3.8) is 0 Å². The minimum absolute atomic E-state index is 0.00123. The number of carboxylic acids is 1. The van der Waals surface area contributed by atoms with Crippen LogP contribution in [0.2, 0.25) is 5.15 Å². The lowest BCUT2D eigenvalue weighted by atomic mass is 10.1. The van der Waals surface area contributed by atoms with Crippen LogP contribution >= 0.6 is 11.6 Å². The van der Waals surface area contributed by atoms with Gasteiger partial charge in [0.1, 0.15) is 5.15 Å². The van der Waals surface area contributed by atoms with Gasteiger partial charge in [0.2, 0.25) is 0 Å². The van der Waals surface area contributed by atoms with Crippen molar-refractivity contribution < 1.29 is 9.90 Å². The first kappa shape index (κ1) is 14.8. The Morgan fingerprint density at radius 1 is 1.40 bits per heavy atom. The first-order valence-electron chi connectivity index (χ1n) is 6.49. The van der Waals surface area contributed by atoms with Crippen molar-refractivity contribution in [2.45, 2.75) is 20.4 Å². The number of aliphatic carboxylic acids is 1. The van der Waals surface area contributed by atoms with Gasteiger partial charge in [-0.1, -0.05) is 30.7 Å². The molecule has 5 heteroatoms. The number of likely N-dealkylation sites (N-methyl/N-ethyl adjacent to an activating group) is 1. The Labute approximate surface area is 123 Å². The highest BCUT2D eigenvalue weighted by atomic mass is 35.5. The molecule has 20 heavy (non-hydrogen) atoms. The maximum absolute atomic E-state index is 10.8. The van der Waals surface area contributed by atoms with Crippen LogP contribution in [0.25, 0.3) is 10.9 Å². The maximum Gasteiger partial charge on any atom is 0.317 e. The zero-order chi connectivity index (χ0) is 14.7. The van der Waals surface area contributed by atoms with E-state index in [-0.39, 0.29) is 6.54 Å². The monoisotopic (exact) mass is 292 g/mol. The summed E-state index contributed by atoms with van der Waals surface area (Å²) < 4.78 is 0. The summed E-state index contributed by atoms with van der Waals surface area (Å²) in [6.45, 7) is 5.06. The summed E-state index contributed by atoms with van der Waals surface area (Å²) in [5.74, 6) is -0.840. The molecule has 0 atom stereocenters. The summed E-state index contributed by atoms with van der Waals surface area (Å²) in [5.41, 5.74) is 2.85. The molecule has 0 saturated heterocycles. The fourth-order valence-electron chi connectivity index (χ4n) is 2.12. The normalized spacial score (nSPS) is 11.2. The molecule has 0 spiro atoms. The number of pyridine rings is 1. The largest absolute Gasteiger partial charge is 0.480 e. The molecular formula is C15H17ClN2O2. The number of carbonyl (C=O) groups is 1. The number of hydrogen-bond acceptors (Lipinski definition) is 3. The molecule has 0 unspecified atom stereocenters. The van der Waals surface area contributed by atoms with Gasteiger partial charge < -0.3 is 5.11 Å². The molecule has 106 valence electrons. The van der Waals surface area contributed by atoms with Crippen LogP contribution in [0, 0.1) is 6.92 Å². The van der Waals surface area contributed by atoms with Crippen molar-refractivity contribution in [1.29, 1.82) is 0 Å². The van der Waals surface area contributed by atoms with Gasteiger partial charge in [0.05, 0.1) is 12.1 Å². The molecule has 1 heterocycles. The first-order chi connectivity index (χ1) is 9.49. The van der Waals surface area contributed by atoms with Gasteiger partial charge in [0, 0.05) is 17.5 Å². The van der Waals surface area contributed by atoms with E-state index >= 15 is 0 Å². The van der Waals surface area contributed by atoms with Gasteiger partial charge in [-0.15, -0.1) is 0 Å². The summed E-state index contributed by atoms with van der Waals surface area (Å²) in [7, 11) is 0. The standard InChI is InChI=1S/C15H17ClN2O2/c1-3-18(9-14(19)20)8-12-7-11-5-4-10(2)6-13(11)17-15(12)16/h4-7H,3,8-9H2,1-2H3,(H,19,20). The number of benzene rings is 1. The van der Waals surface area contributed by atoms with Gasteiger partial charge in [0.15, 0.2) is 0 Å². The van der Waals surface area contributed by atoms with Crippen LogP contribution in [0.3, 0.4) is 0 Å². The first-order valence-corrected chi connectivity index (χ1v) is 6.87. The average molecular weight is 293 g/mol. The summed E-state index contributed by atoms with van der Waals surface area (Å²) in [4.78, 5) is 17.0. The minimum Gasteiger partial charge on any atom is -0.480 e. The topological polar surface area (TPSA) is 53.4 Å². The highest BCUT2D eigenvalue weighted by Crippen LogP contribution is 2.22. The molecule has 1 N–H and O–H groups in total. The molecule has 1 aromatic heterocycles. The zero-order valence-electron chi connectivity index (χ0n) is 11.6. The van der Waals surface area contributed by atoms with Crippen LogP contribution in [0.1, 0.15) is 18.1 Å². The molecule has 0 bridgehead atoms. The van der Waals surface area contributed by atoms with Gasteiger partial charge in [-0.2, -0.15) is 0 Å². The number of halogens is 1. The Balaban J connectivity index is 2.31. The number of fused-ring (bicyclic) bond motifs is 1.